The van der Waals surface area contributed by atoms with Crippen molar-refractivity contribution in [2.75, 3.05) is 25.6 Å². The first-order valence-corrected chi connectivity index (χ1v) is 8.65. The zero-order chi connectivity index (χ0) is 18.4. The quantitative estimate of drug-likeness (QED) is 0.591. The number of halogens is 1. The summed E-state index contributed by atoms with van der Waals surface area (Å²) in [5, 5.41) is 3.96. The van der Waals surface area contributed by atoms with Crippen LogP contribution in [0.15, 0.2) is 46.0 Å². The normalized spacial score (nSPS) is 10.8. The molecule has 0 aliphatic heterocycles. The van der Waals surface area contributed by atoms with Gasteiger partial charge in [0.2, 0.25) is 0 Å². The Kier molecular flexibility index (Phi) is 6.58. The first kappa shape index (κ1) is 19.0. The van der Waals surface area contributed by atoms with Crippen LogP contribution < -0.4 is 15.1 Å². The monoisotopic (exact) mass is 403 g/mol. The predicted octanol–water partition coefficient (Wildman–Crippen LogP) is 3.66. The minimum absolute atomic E-state index is 0.0831. The minimum atomic E-state index is -0.303. The van der Waals surface area contributed by atoms with Crippen LogP contribution in [0.4, 0.5) is 5.69 Å². The van der Waals surface area contributed by atoms with E-state index < -0.39 is 0 Å². The van der Waals surface area contributed by atoms with E-state index in [4.69, 9.17) is 4.74 Å². The van der Waals surface area contributed by atoms with Crippen LogP contribution >= 0.6 is 15.9 Å². The molecule has 0 saturated carbocycles. The molecule has 2 aromatic rings. The summed E-state index contributed by atoms with van der Waals surface area (Å²) in [6, 6.07) is 11.8. The number of carbonyl (C=O) groups excluding carboxylic acids is 1. The van der Waals surface area contributed by atoms with Gasteiger partial charge in [-0.25, -0.2) is 5.43 Å². The van der Waals surface area contributed by atoms with E-state index in [9.17, 15) is 4.79 Å². The van der Waals surface area contributed by atoms with Crippen molar-refractivity contribution >= 4 is 33.7 Å². The van der Waals surface area contributed by atoms with Gasteiger partial charge in [-0.3, -0.25) is 4.79 Å². The summed E-state index contributed by atoms with van der Waals surface area (Å²) < 4.78 is 6.61. The number of benzene rings is 2. The number of hydrogen-bond donors (Lipinski definition) is 1. The summed E-state index contributed by atoms with van der Waals surface area (Å²) in [4.78, 5) is 13.9. The van der Waals surface area contributed by atoms with Crippen LogP contribution in [-0.4, -0.2) is 32.8 Å². The third kappa shape index (κ3) is 5.60. The second-order valence-electron chi connectivity index (χ2n) is 5.94. The molecular weight excluding hydrogens is 382 g/mol. The summed E-state index contributed by atoms with van der Waals surface area (Å²) in [5.74, 6) is 0.421. The number of carbonyl (C=O) groups is 1. The third-order valence-corrected chi connectivity index (χ3v) is 4.04. The van der Waals surface area contributed by atoms with E-state index >= 15 is 0 Å². The lowest BCUT2D eigenvalue weighted by atomic mass is 10.1. The summed E-state index contributed by atoms with van der Waals surface area (Å²) in [6.07, 6.45) is 1.60. The third-order valence-electron chi connectivity index (χ3n) is 3.59. The average Bonchev–Trinajstić information content (AvgIpc) is 2.54. The number of amides is 1. The first-order chi connectivity index (χ1) is 11.9. The molecule has 0 spiro atoms. The van der Waals surface area contributed by atoms with Crippen molar-refractivity contribution in [2.24, 2.45) is 5.10 Å². The number of nitrogens with zero attached hydrogens (tertiary/aromatic N) is 2. The lowest BCUT2D eigenvalue weighted by molar-refractivity contribution is -0.123. The molecule has 25 heavy (non-hydrogen) atoms. The summed E-state index contributed by atoms with van der Waals surface area (Å²) in [7, 11) is 3.97. The van der Waals surface area contributed by atoms with E-state index in [1.54, 1.807) is 6.21 Å². The van der Waals surface area contributed by atoms with Crippen molar-refractivity contribution in [2.45, 2.75) is 13.8 Å². The predicted molar refractivity (Wildman–Crippen MR) is 106 cm³/mol. The van der Waals surface area contributed by atoms with Crippen LogP contribution in [0, 0.1) is 13.8 Å². The highest BCUT2D eigenvalue weighted by Gasteiger charge is 2.08. The van der Waals surface area contributed by atoms with Gasteiger partial charge in [0.15, 0.2) is 6.61 Å². The molecule has 5 nitrogen and oxygen atoms in total. The van der Waals surface area contributed by atoms with Gasteiger partial charge in [-0.05, 0) is 54.8 Å². The van der Waals surface area contributed by atoms with Crippen molar-refractivity contribution in [3.63, 3.8) is 0 Å². The van der Waals surface area contributed by atoms with Gasteiger partial charge in [0.25, 0.3) is 5.91 Å². The molecule has 0 fully saturated rings. The number of anilines is 1. The molecule has 0 aliphatic carbocycles. The van der Waals surface area contributed by atoms with Crippen LogP contribution in [0.25, 0.3) is 0 Å². The maximum atomic E-state index is 11.9. The Bertz CT molecular complexity index is 748. The average molecular weight is 404 g/mol. The molecule has 132 valence electrons. The van der Waals surface area contributed by atoms with Crippen molar-refractivity contribution in [3.05, 3.63) is 57.6 Å². The lowest BCUT2D eigenvalue weighted by Crippen LogP contribution is -2.25. The van der Waals surface area contributed by atoms with Crippen LogP contribution in [-0.2, 0) is 4.79 Å². The maximum Gasteiger partial charge on any atom is 0.277 e. The fraction of sp³-hybridized carbons (Fsp3) is 0.263. The molecule has 0 bridgehead atoms. The van der Waals surface area contributed by atoms with Gasteiger partial charge < -0.3 is 9.64 Å². The van der Waals surface area contributed by atoms with Gasteiger partial charge in [-0.1, -0.05) is 28.1 Å². The van der Waals surface area contributed by atoms with Gasteiger partial charge in [0.05, 0.1) is 6.21 Å². The van der Waals surface area contributed by atoms with Crippen molar-refractivity contribution in [3.8, 4) is 5.75 Å². The maximum absolute atomic E-state index is 11.9. The smallest absolute Gasteiger partial charge is 0.277 e. The number of hydrazone groups is 1. The van der Waals surface area contributed by atoms with E-state index in [1.165, 1.54) is 0 Å². The molecule has 0 aliphatic rings. The molecule has 0 heterocycles. The van der Waals surface area contributed by atoms with E-state index in [1.807, 2.05) is 69.2 Å². The zero-order valence-electron chi connectivity index (χ0n) is 14.8. The topological polar surface area (TPSA) is 53.9 Å². The highest BCUT2D eigenvalue weighted by molar-refractivity contribution is 9.10. The molecule has 0 radical (unpaired) electrons. The van der Waals surface area contributed by atoms with E-state index in [0.717, 1.165) is 32.6 Å². The molecule has 0 unspecified atom stereocenters. The second-order valence-corrected chi connectivity index (χ2v) is 6.85. The minimum Gasteiger partial charge on any atom is -0.483 e. The molecular formula is C19H22BrN3O2. The van der Waals surface area contributed by atoms with Crippen LogP contribution in [0.3, 0.4) is 0 Å². The molecule has 0 atom stereocenters. The fourth-order valence-electron chi connectivity index (χ4n) is 2.33. The SMILES string of the molecule is Cc1cc(Br)cc(C)c1OCC(=O)N/N=C\c1ccc(N(C)C)cc1. The number of rotatable bonds is 6. The Labute approximate surface area is 156 Å². The van der Waals surface area contributed by atoms with E-state index in [-0.39, 0.29) is 12.5 Å². The molecule has 2 aromatic carbocycles. The molecule has 6 heteroatoms. The largest absolute Gasteiger partial charge is 0.483 e. The van der Waals surface area contributed by atoms with Gasteiger partial charge >= 0.3 is 0 Å². The molecule has 1 amide bonds. The molecule has 0 aromatic heterocycles. The van der Waals surface area contributed by atoms with E-state index in [0.29, 0.717) is 0 Å². The van der Waals surface area contributed by atoms with Crippen LogP contribution in [0.1, 0.15) is 16.7 Å². The summed E-state index contributed by atoms with van der Waals surface area (Å²) >= 11 is 3.44. The van der Waals surface area contributed by atoms with Crippen LogP contribution in [0.5, 0.6) is 5.75 Å². The standard InChI is InChI=1S/C19H22BrN3O2/c1-13-9-16(20)10-14(2)19(13)25-12-18(24)22-21-11-15-5-7-17(8-6-15)23(3)4/h5-11H,12H2,1-4H3,(H,22,24)/b21-11-. The van der Waals surface area contributed by atoms with Gasteiger partial charge in [-0.15, -0.1) is 0 Å². The van der Waals surface area contributed by atoms with Gasteiger partial charge in [0, 0.05) is 24.3 Å². The van der Waals surface area contributed by atoms with Crippen molar-refractivity contribution in [1.82, 2.24) is 5.43 Å². The van der Waals surface area contributed by atoms with Crippen molar-refractivity contribution < 1.29 is 9.53 Å². The molecule has 0 saturated heterocycles. The first-order valence-electron chi connectivity index (χ1n) is 7.85. The Morgan fingerprint density at radius 2 is 1.80 bits per heavy atom. The lowest BCUT2D eigenvalue weighted by Gasteiger charge is -2.12. The number of hydrogen-bond acceptors (Lipinski definition) is 4. The Morgan fingerprint density at radius 1 is 1.20 bits per heavy atom. The number of nitrogens with one attached hydrogen (secondary N) is 1. The Morgan fingerprint density at radius 3 is 2.36 bits per heavy atom. The second kappa shape index (κ2) is 8.67. The van der Waals surface area contributed by atoms with Crippen LogP contribution in [0.2, 0.25) is 0 Å². The molecule has 2 rings (SSSR count). The summed E-state index contributed by atoms with van der Waals surface area (Å²) in [6.45, 7) is 3.81. The van der Waals surface area contributed by atoms with E-state index in [2.05, 4.69) is 26.5 Å². The zero-order valence-corrected chi connectivity index (χ0v) is 16.4. The van der Waals surface area contributed by atoms with Gasteiger partial charge in [-0.2, -0.15) is 5.10 Å². The highest BCUT2D eigenvalue weighted by atomic mass is 79.9. The Hall–Kier alpha value is -2.34. The van der Waals surface area contributed by atoms with Crippen molar-refractivity contribution in [1.29, 1.82) is 0 Å². The Balaban J connectivity index is 1.86. The fourth-order valence-corrected chi connectivity index (χ4v) is 3.02. The highest BCUT2D eigenvalue weighted by Crippen LogP contribution is 2.27. The number of aryl methyl sites for hydroxylation is 2. The summed E-state index contributed by atoms with van der Waals surface area (Å²) in [5.41, 5.74) is 6.44. The van der Waals surface area contributed by atoms with Gasteiger partial charge in [0.1, 0.15) is 5.75 Å². The molecule has 1 N–H and O–H groups in total. The number of ether oxygens (including phenoxy) is 1.